The highest BCUT2D eigenvalue weighted by Crippen LogP contribution is 2.29. The van der Waals surface area contributed by atoms with Crippen LogP contribution < -0.4 is 14.5 Å². The van der Waals surface area contributed by atoms with Crippen LogP contribution in [0.5, 0.6) is 0 Å². The molecule has 33 heavy (non-hydrogen) atoms. The number of piperazine rings is 1. The van der Waals surface area contributed by atoms with E-state index in [2.05, 4.69) is 45.7 Å². The van der Waals surface area contributed by atoms with Crippen molar-refractivity contribution < 1.29 is 13.2 Å². The summed E-state index contributed by atoms with van der Waals surface area (Å²) >= 11 is 0. The molecule has 0 atom stereocenters. The lowest BCUT2D eigenvalue weighted by Gasteiger charge is -2.36. The van der Waals surface area contributed by atoms with Crippen molar-refractivity contribution in [3.8, 4) is 0 Å². The maximum absolute atomic E-state index is 12.8. The summed E-state index contributed by atoms with van der Waals surface area (Å²) in [4.78, 5) is 18.7. The average molecular weight is 471 g/mol. The minimum atomic E-state index is -3.56. The second kappa shape index (κ2) is 10.2. The smallest absolute Gasteiger partial charge is 0.240 e. The van der Waals surface area contributed by atoms with Gasteiger partial charge in [0.15, 0.2) is 0 Å². The summed E-state index contributed by atoms with van der Waals surface area (Å²) in [5, 5.41) is 0. The maximum atomic E-state index is 12.8. The molecule has 8 heteroatoms. The van der Waals surface area contributed by atoms with Gasteiger partial charge in [-0.3, -0.25) is 9.69 Å². The first-order valence-corrected chi connectivity index (χ1v) is 13.3. The third-order valence-corrected chi connectivity index (χ3v) is 8.00. The van der Waals surface area contributed by atoms with Crippen LogP contribution in [0, 0.1) is 6.92 Å². The van der Waals surface area contributed by atoms with Crippen molar-refractivity contribution in [1.29, 1.82) is 0 Å². The van der Waals surface area contributed by atoms with Crippen LogP contribution in [0.15, 0.2) is 47.4 Å². The van der Waals surface area contributed by atoms with Crippen LogP contribution in [0.3, 0.4) is 0 Å². The predicted octanol–water partition coefficient (Wildman–Crippen LogP) is 2.78. The molecule has 1 fully saturated rings. The molecule has 1 saturated heterocycles. The van der Waals surface area contributed by atoms with Crippen LogP contribution in [0.4, 0.5) is 11.4 Å². The second-order valence-electron chi connectivity index (χ2n) is 8.98. The summed E-state index contributed by atoms with van der Waals surface area (Å²) in [5.41, 5.74) is 4.31. The largest absolute Gasteiger partial charge is 0.369 e. The van der Waals surface area contributed by atoms with E-state index in [0.717, 1.165) is 63.2 Å². The number of hydrogen-bond acceptors (Lipinski definition) is 5. The Morgan fingerprint density at radius 1 is 1.03 bits per heavy atom. The summed E-state index contributed by atoms with van der Waals surface area (Å²) in [6, 6.07) is 13.7. The molecule has 2 aromatic carbocycles. The summed E-state index contributed by atoms with van der Waals surface area (Å²) in [7, 11) is -3.56. The van der Waals surface area contributed by atoms with E-state index in [9.17, 15) is 13.2 Å². The molecule has 7 nitrogen and oxygen atoms in total. The van der Waals surface area contributed by atoms with Gasteiger partial charge in [-0.1, -0.05) is 12.1 Å². The number of hydrogen-bond donors (Lipinski definition) is 1. The molecule has 2 heterocycles. The van der Waals surface area contributed by atoms with E-state index in [4.69, 9.17) is 0 Å². The van der Waals surface area contributed by atoms with Gasteiger partial charge in [0.05, 0.1) is 4.90 Å². The van der Waals surface area contributed by atoms with E-state index < -0.39 is 10.0 Å². The molecule has 0 spiro atoms. The van der Waals surface area contributed by atoms with Gasteiger partial charge < -0.3 is 9.80 Å². The summed E-state index contributed by atoms with van der Waals surface area (Å²) in [6.45, 7) is 9.58. The molecule has 0 radical (unpaired) electrons. The summed E-state index contributed by atoms with van der Waals surface area (Å²) in [6.07, 6.45) is 2.41. The molecule has 1 N–H and O–H groups in total. The van der Waals surface area contributed by atoms with Crippen LogP contribution in [0.1, 0.15) is 30.9 Å². The quantitative estimate of drug-likeness (QED) is 0.630. The number of benzene rings is 2. The lowest BCUT2D eigenvalue weighted by molar-refractivity contribution is -0.116. The fourth-order valence-corrected chi connectivity index (χ4v) is 5.84. The molecular formula is C25H34N4O3S. The van der Waals surface area contributed by atoms with Crippen LogP contribution in [-0.4, -0.2) is 65.0 Å². The Balaban J connectivity index is 1.25. The molecule has 2 aromatic rings. The number of nitrogens with one attached hydrogen (secondary N) is 1. The molecule has 0 aromatic heterocycles. The molecule has 4 rings (SSSR count). The normalized spacial score (nSPS) is 17.2. The minimum Gasteiger partial charge on any atom is -0.369 e. The van der Waals surface area contributed by atoms with E-state index in [1.54, 1.807) is 30.0 Å². The van der Waals surface area contributed by atoms with Crippen molar-refractivity contribution in [2.45, 2.75) is 38.0 Å². The zero-order valence-corrected chi connectivity index (χ0v) is 20.4. The van der Waals surface area contributed by atoms with Crippen molar-refractivity contribution in [2.75, 3.05) is 55.6 Å². The number of anilines is 2. The Bertz CT molecular complexity index is 1090. The first-order valence-electron chi connectivity index (χ1n) is 11.8. The highest BCUT2D eigenvalue weighted by Gasteiger charge is 2.23. The topological polar surface area (TPSA) is 73.0 Å². The van der Waals surface area contributed by atoms with Crippen molar-refractivity contribution >= 4 is 27.3 Å². The average Bonchev–Trinajstić information content (AvgIpc) is 2.81. The molecular weight excluding hydrogens is 436 g/mol. The Labute approximate surface area is 197 Å². The first kappa shape index (κ1) is 23.7. The Morgan fingerprint density at radius 2 is 1.82 bits per heavy atom. The van der Waals surface area contributed by atoms with Gasteiger partial charge in [0.1, 0.15) is 0 Å². The highest BCUT2D eigenvalue weighted by atomic mass is 32.2. The molecule has 0 bridgehead atoms. The number of amides is 1. The van der Waals surface area contributed by atoms with Gasteiger partial charge in [-0.2, -0.15) is 0 Å². The lowest BCUT2D eigenvalue weighted by atomic mass is 10.0. The highest BCUT2D eigenvalue weighted by molar-refractivity contribution is 7.89. The van der Waals surface area contributed by atoms with Gasteiger partial charge >= 0.3 is 0 Å². The van der Waals surface area contributed by atoms with Gasteiger partial charge in [-0.05, 0) is 74.2 Å². The van der Waals surface area contributed by atoms with Gasteiger partial charge in [-0.15, -0.1) is 0 Å². The summed E-state index contributed by atoms with van der Waals surface area (Å²) in [5.74, 6) is -0.00982. The molecule has 0 saturated carbocycles. The number of nitrogens with zero attached hydrogens (tertiary/aromatic N) is 3. The van der Waals surface area contributed by atoms with Crippen LogP contribution in [0.25, 0.3) is 0 Å². The number of carbonyl (C=O) groups is 1. The standard InChI is InChI=1S/C25H34N4O3S/c1-20-6-3-8-23(18-20)28-16-14-27(15-17-28)12-5-11-26-33(31,32)24-9-10-25-22(19-24)7-4-13-29(25)21(2)30/h3,6,8-10,18-19,26H,4-5,7,11-17H2,1-2H3. The zero-order valence-electron chi connectivity index (χ0n) is 19.6. The number of rotatable bonds is 7. The Kier molecular flexibility index (Phi) is 7.36. The van der Waals surface area contributed by atoms with Crippen LogP contribution in [0.2, 0.25) is 0 Å². The summed E-state index contributed by atoms with van der Waals surface area (Å²) < 4.78 is 28.4. The first-order chi connectivity index (χ1) is 15.8. The van der Waals surface area contributed by atoms with E-state index >= 15 is 0 Å². The fourth-order valence-electron chi connectivity index (χ4n) is 4.71. The third-order valence-electron chi connectivity index (χ3n) is 6.54. The van der Waals surface area contributed by atoms with Gasteiger partial charge in [0, 0.05) is 57.6 Å². The van der Waals surface area contributed by atoms with Gasteiger partial charge in [0.25, 0.3) is 0 Å². The lowest BCUT2D eigenvalue weighted by Crippen LogP contribution is -2.47. The van der Waals surface area contributed by atoms with E-state index in [-0.39, 0.29) is 10.8 Å². The molecule has 178 valence electrons. The van der Waals surface area contributed by atoms with Gasteiger partial charge in [-0.25, -0.2) is 13.1 Å². The minimum absolute atomic E-state index is 0.00982. The Morgan fingerprint density at radius 3 is 2.55 bits per heavy atom. The fraction of sp³-hybridized carbons (Fsp3) is 0.480. The van der Waals surface area contributed by atoms with Crippen LogP contribution in [-0.2, 0) is 21.2 Å². The predicted molar refractivity (Wildman–Crippen MR) is 132 cm³/mol. The molecule has 2 aliphatic rings. The molecule has 1 amide bonds. The number of sulfonamides is 1. The third kappa shape index (κ3) is 5.75. The zero-order chi connectivity index (χ0) is 23.4. The van der Waals surface area contributed by atoms with Crippen molar-refractivity contribution in [3.05, 3.63) is 53.6 Å². The van der Waals surface area contributed by atoms with Crippen molar-refractivity contribution in [1.82, 2.24) is 9.62 Å². The monoisotopic (exact) mass is 470 g/mol. The van der Waals surface area contributed by atoms with Crippen LogP contribution >= 0.6 is 0 Å². The van der Waals surface area contributed by atoms with E-state index in [1.165, 1.54) is 11.3 Å². The molecule has 0 unspecified atom stereocenters. The number of carbonyl (C=O) groups excluding carboxylic acids is 1. The maximum Gasteiger partial charge on any atom is 0.240 e. The number of aryl methyl sites for hydroxylation is 2. The van der Waals surface area contributed by atoms with Crippen molar-refractivity contribution in [3.63, 3.8) is 0 Å². The van der Waals surface area contributed by atoms with E-state index in [0.29, 0.717) is 13.1 Å². The van der Waals surface area contributed by atoms with Gasteiger partial charge in [0.2, 0.25) is 15.9 Å². The van der Waals surface area contributed by atoms with Crippen molar-refractivity contribution in [2.24, 2.45) is 0 Å². The second-order valence-corrected chi connectivity index (χ2v) is 10.8. The van der Waals surface area contributed by atoms with E-state index in [1.807, 2.05) is 0 Å². The molecule has 0 aliphatic carbocycles. The number of fused-ring (bicyclic) bond motifs is 1. The molecule has 2 aliphatic heterocycles. The SMILES string of the molecule is CC(=O)N1CCCc2cc(S(=O)(=O)NCCCN3CCN(c4cccc(C)c4)CC3)ccc21. The Hall–Kier alpha value is -2.42.